The van der Waals surface area contributed by atoms with E-state index in [-0.39, 0.29) is 17.9 Å². The van der Waals surface area contributed by atoms with Crippen LogP contribution in [-0.4, -0.2) is 31.3 Å². The molecule has 110 valence electrons. The van der Waals surface area contributed by atoms with Crippen LogP contribution in [0.2, 0.25) is 5.02 Å². The summed E-state index contributed by atoms with van der Waals surface area (Å²) < 4.78 is 15.3. The largest absolute Gasteiger partial charge is 0.481 e. The maximum atomic E-state index is 13.9. The van der Waals surface area contributed by atoms with Crippen molar-refractivity contribution in [3.05, 3.63) is 29.0 Å². The molecule has 1 aliphatic rings. The first-order valence-corrected chi connectivity index (χ1v) is 6.85. The molecule has 1 aromatic carbocycles. The molecular formula is C13H12ClFN4O2. The summed E-state index contributed by atoms with van der Waals surface area (Å²) in [7, 11) is 0. The molecule has 1 aliphatic carbocycles. The molecule has 0 spiro atoms. The van der Waals surface area contributed by atoms with E-state index in [1.165, 1.54) is 22.9 Å². The van der Waals surface area contributed by atoms with Crippen LogP contribution in [0.4, 0.5) is 4.39 Å². The number of nitrogens with zero attached hydrogens (tertiary/aromatic N) is 4. The molecule has 0 radical (unpaired) electrons. The molecule has 6 nitrogen and oxygen atoms in total. The molecule has 0 amide bonds. The summed E-state index contributed by atoms with van der Waals surface area (Å²) in [4.78, 5) is 11.4. The molecule has 2 aromatic rings. The standard InChI is InChI=1S/C13H12ClFN4O2/c14-8-2-3-10(15)9(6-8)11-16-17-18-19(11)7-13(12(20)21)4-1-5-13/h2-3,6H,1,4-5,7H2,(H,20,21). The Balaban J connectivity index is 1.98. The summed E-state index contributed by atoms with van der Waals surface area (Å²) in [5.74, 6) is -1.20. The lowest BCUT2D eigenvalue weighted by Crippen LogP contribution is -2.42. The number of halogens is 2. The van der Waals surface area contributed by atoms with Crippen molar-refractivity contribution in [1.82, 2.24) is 20.2 Å². The topological polar surface area (TPSA) is 80.9 Å². The normalized spacial score (nSPS) is 16.5. The fraction of sp³-hybridized carbons (Fsp3) is 0.385. The van der Waals surface area contributed by atoms with Gasteiger partial charge in [0, 0.05) is 5.02 Å². The smallest absolute Gasteiger partial charge is 0.311 e. The zero-order valence-corrected chi connectivity index (χ0v) is 11.7. The van der Waals surface area contributed by atoms with Crippen molar-refractivity contribution >= 4 is 17.6 Å². The van der Waals surface area contributed by atoms with Gasteiger partial charge in [0.25, 0.3) is 0 Å². The highest BCUT2D eigenvalue weighted by atomic mass is 35.5. The Kier molecular flexibility index (Phi) is 3.36. The second-order valence-electron chi connectivity index (χ2n) is 5.22. The van der Waals surface area contributed by atoms with Crippen LogP contribution in [0.3, 0.4) is 0 Å². The average molecular weight is 311 g/mol. The Morgan fingerprint density at radius 3 is 2.86 bits per heavy atom. The van der Waals surface area contributed by atoms with E-state index in [0.29, 0.717) is 17.9 Å². The van der Waals surface area contributed by atoms with Crippen molar-refractivity contribution in [1.29, 1.82) is 0 Å². The summed E-state index contributed by atoms with van der Waals surface area (Å²) in [6.07, 6.45) is 1.99. The number of rotatable bonds is 4. The van der Waals surface area contributed by atoms with Crippen LogP contribution in [-0.2, 0) is 11.3 Å². The fourth-order valence-corrected chi connectivity index (χ4v) is 2.67. The van der Waals surface area contributed by atoms with Gasteiger partial charge in [-0.05, 0) is 41.5 Å². The lowest BCUT2D eigenvalue weighted by Gasteiger charge is -2.37. The van der Waals surface area contributed by atoms with Crippen molar-refractivity contribution in [3.8, 4) is 11.4 Å². The number of benzene rings is 1. The Hall–Kier alpha value is -2.02. The van der Waals surface area contributed by atoms with E-state index in [0.717, 1.165) is 6.42 Å². The summed E-state index contributed by atoms with van der Waals surface area (Å²) in [6.45, 7) is 0.122. The molecule has 3 rings (SSSR count). The van der Waals surface area contributed by atoms with Gasteiger partial charge in [-0.15, -0.1) is 5.10 Å². The number of hydrogen-bond donors (Lipinski definition) is 1. The Bertz CT molecular complexity index is 699. The predicted octanol–water partition coefficient (Wildman–Crippen LogP) is 2.39. The summed E-state index contributed by atoms with van der Waals surface area (Å²) in [5.41, 5.74) is -0.702. The molecule has 1 N–H and O–H groups in total. The van der Waals surface area contributed by atoms with Crippen molar-refractivity contribution in [2.45, 2.75) is 25.8 Å². The van der Waals surface area contributed by atoms with E-state index >= 15 is 0 Å². The first kappa shape index (κ1) is 13.9. The fourth-order valence-electron chi connectivity index (χ4n) is 2.50. The summed E-state index contributed by atoms with van der Waals surface area (Å²) in [5, 5.41) is 20.9. The first-order valence-electron chi connectivity index (χ1n) is 6.47. The highest BCUT2D eigenvalue weighted by Gasteiger charge is 2.45. The highest BCUT2D eigenvalue weighted by Crippen LogP contribution is 2.43. The van der Waals surface area contributed by atoms with Gasteiger partial charge in [-0.3, -0.25) is 4.79 Å². The van der Waals surface area contributed by atoms with E-state index in [1.807, 2.05) is 0 Å². The molecule has 1 aromatic heterocycles. The minimum Gasteiger partial charge on any atom is -0.481 e. The van der Waals surface area contributed by atoms with Gasteiger partial charge < -0.3 is 5.11 Å². The minimum absolute atomic E-state index is 0.122. The molecule has 0 saturated heterocycles. The molecule has 1 saturated carbocycles. The van der Waals surface area contributed by atoms with Gasteiger partial charge in [0.1, 0.15) is 5.82 Å². The van der Waals surface area contributed by atoms with Crippen LogP contribution in [0, 0.1) is 11.2 Å². The predicted molar refractivity (Wildman–Crippen MR) is 72.1 cm³/mol. The molecule has 8 heteroatoms. The Morgan fingerprint density at radius 2 is 2.24 bits per heavy atom. The maximum absolute atomic E-state index is 13.9. The number of hydrogen-bond acceptors (Lipinski definition) is 4. The third-order valence-electron chi connectivity index (χ3n) is 3.92. The lowest BCUT2D eigenvalue weighted by atomic mass is 9.69. The van der Waals surface area contributed by atoms with Gasteiger partial charge >= 0.3 is 5.97 Å². The van der Waals surface area contributed by atoms with E-state index in [4.69, 9.17) is 11.6 Å². The van der Waals surface area contributed by atoms with Crippen LogP contribution in [0.15, 0.2) is 18.2 Å². The number of tetrazole rings is 1. The van der Waals surface area contributed by atoms with E-state index in [9.17, 15) is 14.3 Å². The monoisotopic (exact) mass is 310 g/mol. The number of carbonyl (C=O) groups is 1. The first-order chi connectivity index (χ1) is 10.0. The number of carboxylic acid groups (broad SMARTS) is 1. The lowest BCUT2D eigenvalue weighted by molar-refractivity contribution is -0.156. The third kappa shape index (κ3) is 2.37. The summed E-state index contributed by atoms with van der Waals surface area (Å²) in [6, 6.07) is 4.08. The van der Waals surface area contributed by atoms with Crippen molar-refractivity contribution in [2.24, 2.45) is 5.41 Å². The van der Waals surface area contributed by atoms with Gasteiger partial charge in [-0.1, -0.05) is 18.0 Å². The zero-order valence-electron chi connectivity index (χ0n) is 11.0. The number of aromatic nitrogens is 4. The maximum Gasteiger partial charge on any atom is 0.311 e. The molecule has 21 heavy (non-hydrogen) atoms. The molecule has 0 aliphatic heterocycles. The van der Waals surface area contributed by atoms with Crippen molar-refractivity contribution in [3.63, 3.8) is 0 Å². The molecule has 1 fully saturated rings. The van der Waals surface area contributed by atoms with Crippen LogP contribution >= 0.6 is 11.6 Å². The molecule has 0 bridgehead atoms. The molecular weight excluding hydrogens is 299 g/mol. The molecule has 0 atom stereocenters. The molecule has 0 unspecified atom stereocenters. The Labute approximate surface area is 124 Å². The van der Waals surface area contributed by atoms with Gasteiger partial charge in [0.05, 0.1) is 17.5 Å². The highest BCUT2D eigenvalue weighted by molar-refractivity contribution is 6.30. The second-order valence-corrected chi connectivity index (χ2v) is 5.66. The van der Waals surface area contributed by atoms with Gasteiger partial charge in [0.15, 0.2) is 5.82 Å². The van der Waals surface area contributed by atoms with Gasteiger partial charge in [-0.2, -0.15) is 0 Å². The van der Waals surface area contributed by atoms with Crippen molar-refractivity contribution < 1.29 is 14.3 Å². The van der Waals surface area contributed by atoms with E-state index < -0.39 is 17.2 Å². The van der Waals surface area contributed by atoms with Crippen LogP contribution in [0.25, 0.3) is 11.4 Å². The second kappa shape index (κ2) is 5.07. The van der Waals surface area contributed by atoms with Crippen molar-refractivity contribution in [2.75, 3.05) is 0 Å². The van der Waals surface area contributed by atoms with Gasteiger partial charge in [-0.25, -0.2) is 9.07 Å². The van der Waals surface area contributed by atoms with Crippen LogP contribution in [0.5, 0.6) is 0 Å². The zero-order chi connectivity index (χ0) is 15.0. The Morgan fingerprint density at radius 1 is 1.48 bits per heavy atom. The van der Waals surface area contributed by atoms with E-state index in [2.05, 4.69) is 15.5 Å². The minimum atomic E-state index is -0.873. The SMILES string of the molecule is O=C(O)C1(Cn2nnnc2-c2cc(Cl)ccc2F)CCC1. The number of aliphatic carboxylic acids is 1. The van der Waals surface area contributed by atoms with E-state index in [1.54, 1.807) is 0 Å². The van der Waals surface area contributed by atoms with Crippen LogP contribution in [0.1, 0.15) is 19.3 Å². The number of carboxylic acids is 1. The summed E-state index contributed by atoms with van der Waals surface area (Å²) >= 11 is 5.87. The molecule has 1 heterocycles. The van der Waals surface area contributed by atoms with Crippen LogP contribution < -0.4 is 0 Å². The quantitative estimate of drug-likeness (QED) is 0.937. The van der Waals surface area contributed by atoms with Gasteiger partial charge in [0.2, 0.25) is 0 Å². The third-order valence-corrected chi connectivity index (χ3v) is 4.15. The average Bonchev–Trinajstić information content (AvgIpc) is 2.84.